The number of aromatic nitrogens is 2. The summed E-state index contributed by atoms with van der Waals surface area (Å²) in [5.41, 5.74) is 0.694. The van der Waals surface area contributed by atoms with Gasteiger partial charge in [0.25, 0.3) is 0 Å². The van der Waals surface area contributed by atoms with Crippen molar-refractivity contribution in [2.24, 2.45) is 0 Å². The van der Waals surface area contributed by atoms with E-state index in [1.54, 1.807) is 31.5 Å². The van der Waals surface area contributed by atoms with E-state index in [1.807, 2.05) is 10.8 Å². The smallest absolute Gasteiger partial charge is 0.144 e. The summed E-state index contributed by atoms with van der Waals surface area (Å²) in [6.07, 6.45) is 2.44. The number of aliphatic hydroxyl groups excluding tert-OH is 1. The van der Waals surface area contributed by atoms with Crippen LogP contribution in [0.1, 0.15) is 6.04 Å². The normalized spacial score (nSPS) is 29.7. The van der Waals surface area contributed by atoms with Gasteiger partial charge in [0, 0.05) is 12.4 Å². The first-order chi connectivity index (χ1) is 11.2. The van der Waals surface area contributed by atoms with Crippen LogP contribution in [0.4, 0.5) is 0 Å². The van der Waals surface area contributed by atoms with Gasteiger partial charge >= 0.3 is 0 Å². The molecule has 4 rings (SSSR count). The largest absolute Gasteiger partial charge is 0.508 e. The third-order valence-electron chi connectivity index (χ3n) is 4.45. The molecule has 1 aromatic carbocycles. The van der Waals surface area contributed by atoms with E-state index in [4.69, 9.17) is 14.2 Å². The van der Waals surface area contributed by atoms with Crippen LogP contribution < -0.4 is 4.74 Å². The number of fused-ring (bicyclic) bond motifs is 1. The first-order valence-electron chi connectivity index (χ1n) is 7.50. The van der Waals surface area contributed by atoms with Crippen molar-refractivity contribution in [3.63, 3.8) is 0 Å². The van der Waals surface area contributed by atoms with Crippen LogP contribution in [-0.2, 0) is 9.47 Å². The molecule has 122 valence electrons. The average molecular weight is 318 g/mol. The zero-order valence-corrected chi connectivity index (χ0v) is 12.6. The van der Waals surface area contributed by atoms with Gasteiger partial charge in [0.15, 0.2) is 0 Å². The Labute approximate surface area is 133 Å². The lowest BCUT2D eigenvalue weighted by Crippen LogP contribution is -2.30. The fourth-order valence-electron chi connectivity index (χ4n) is 3.36. The number of aliphatic hydroxyl groups is 1. The lowest BCUT2D eigenvalue weighted by molar-refractivity contribution is 0.0172. The van der Waals surface area contributed by atoms with Crippen molar-refractivity contribution in [1.29, 1.82) is 0 Å². The van der Waals surface area contributed by atoms with Crippen LogP contribution in [0.3, 0.4) is 0 Å². The van der Waals surface area contributed by atoms with Crippen molar-refractivity contribution in [2.45, 2.75) is 24.4 Å². The molecule has 7 nitrogen and oxygen atoms in total. The second kappa shape index (κ2) is 5.52. The summed E-state index contributed by atoms with van der Waals surface area (Å²) in [4.78, 5) is 4.41. The van der Waals surface area contributed by atoms with Crippen molar-refractivity contribution in [3.8, 4) is 22.9 Å². The Hall–Kier alpha value is -2.09. The Kier molecular flexibility index (Phi) is 3.48. The number of aromatic hydroxyl groups is 1. The van der Waals surface area contributed by atoms with E-state index < -0.39 is 6.10 Å². The highest BCUT2D eigenvalue weighted by Gasteiger charge is 2.48. The summed E-state index contributed by atoms with van der Waals surface area (Å²) in [6, 6.07) is 4.81. The highest BCUT2D eigenvalue weighted by Crippen LogP contribution is 2.38. The predicted octanol–water partition coefficient (Wildman–Crippen LogP) is 0.964. The highest BCUT2D eigenvalue weighted by atomic mass is 16.6. The quantitative estimate of drug-likeness (QED) is 0.877. The van der Waals surface area contributed by atoms with Gasteiger partial charge in [-0.25, -0.2) is 4.98 Å². The molecule has 0 saturated carbocycles. The monoisotopic (exact) mass is 318 g/mol. The number of phenols is 1. The lowest BCUT2D eigenvalue weighted by Gasteiger charge is -2.20. The number of imidazole rings is 1. The maximum Gasteiger partial charge on any atom is 0.144 e. The maximum atomic E-state index is 9.89. The molecule has 4 atom stereocenters. The van der Waals surface area contributed by atoms with Crippen molar-refractivity contribution < 1.29 is 24.4 Å². The van der Waals surface area contributed by atoms with Crippen molar-refractivity contribution in [3.05, 3.63) is 30.6 Å². The number of phenolic OH excluding ortho intramolecular Hbond substituents is 1. The number of hydrogen-bond acceptors (Lipinski definition) is 6. The first-order valence-corrected chi connectivity index (χ1v) is 7.50. The fourth-order valence-corrected chi connectivity index (χ4v) is 3.36. The van der Waals surface area contributed by atoms with Crippen molar-refractivity contribution >= 4 is 0 Å². The molecular weight excluding hydrogens is 300 g/mol. The van der Waals surface area contributed by atoms with Crippen LogP contribution in [0.2, 0.25) is 0 Å². The second-order valence-corrected chi connectivity index (χ2v) is 5.77. The van der Waals surface area contributed by atoms with Crippen LogP contribution >= 0.6 is 0 Å². The van der Waals surface area contributed by atoms with E-state index in [1.165, 1.54) is 0 Å². The van der Waals surface area contributed by atoms with Crippen LogP contribution in [-0.4, -0.2) is 58.4 Å². The number of ether oxygens (including phenoxy) is 3. The number of methoxy groups -OCH3 is 1. The highest BCUT2D eigenvalue weighted by molar-refractivity contribution is 5.66. The molecule has 0 unspecified atom stereocenters. The minimum atomic E-state index is -0.590. The van der Waals surface area contributed by atoms with E-state index in [0.29, 0.717) is 23.7 Å². The standard InChI is InChI=1S/C16H18N2O5/c1-21-13-3-2-9(19)6-10(13)16-17-4-5-18(16)11-7-22-15-12(20)8-23-14(11)15/h2-6,11-12,14-15,19-20H,7-8H2,1H3/t11-,12-,14-,15-/m1/s1. The molecule has 2 aromatic rings. The fraction of sp³-hybridized carbons (Fsp3) is 0.438. The van der Waals surface area contributed by atoms with E-state index >= 15 is 0 Å². The van der Waals surface area contributed by atoms with Crippen LogP contribution in [0.5, 0.6) is 11.5 Å². The Bertz CT molecular complexity index is 716. The van der Waals surface area contributed by atoms with E-state index in [0.717, 1.165) is 0 Å². The van der Waals surface area contributed by atoms with E-state index in [2.05, 4.69) is 4.98 Å². The van der Waals surface area contributed by atoms with E-state index in [9.17, 15) is 10.2 Å². The Morgan fingerprint density at radius 1 is 1.26 bits per heavy atom. The SMILES string of the molecule is COc1ccc(O)cc1-c1nccn1[C@@H]1CO[C@H]2[C@@H]1OC[C@H]2O. The molecule has 7 heteroatoms. The van der Waals surface area contributed by atoms with Gasteiger partial charge in [-0.05, 0) is 18.2 Å². The van der Waals surface area contributed by atoms with Gasteiger partial charge in [-0.15, -0.1) is 0 Å². The third-order valence-corrected chi connectivity index (χ3v) is 4.45. The minimum absolute atomic E-state index is 0.0818. The molecule has 0 aliphatic carbocycles. The predicted molar refractivity (Wildman–Crippen MR) is 80.4 cm³/mol. The average Bonchev–Trinajstić information content (AvgIpc) is 3.25. The molecule has 2 saturated heterocycles. The number of hydrogen-bond donors (Lipinski definition) is 2. The second-order valence-electron chi connectivity index (χ2n) is 5.77. The first kappa shape index (κ1) is 14.5. The molecule has 2 aliphatic rings. The van der Waals surface area contributed by atoms with Crippen LogP contribution in [0, 0.1) is 0 Å². The Morgan fingerprint density at radius 3 is 2.91 bits per heavy atom. The minimum Gasteiger partial charge on any atom is -0.508 e. The molecule has 2 N–H and O–H groups in total. The van der Waals surface area contributed by atoms with Gasteiger partial charge in [0.2, 0.25) is 0 Å². The Balaban J connectivity index is 1.74. The van der Waals surface area contributed by atoms with Crippen LogP contribution in [0.15, 0.2) is 30.6 Å². The summed E-state index contributed by atoms with van der Waals surface area (Å²) in [5.74, 6) is 1.43. The van der Waals surface area contributed by atoms with Gasteiger partial charge in [-0.1, -0.05) is 0 Å². The lowest BCUT2D eigenvalue weighted by atomic mass is 10.1. The topological polar surface area (TPSA) is 86.0 Å². The number of rotatable bonds is 3. The molecule has 0 amide bonds. The summed E-state index contributed by atoms with van der Waals surface area (Å²) >= 11 is 0. The number of nitrogens with zero attached hydrogens (tertiary/aromatic N) is 2. The molecule has 3 heterocycles. The summed E-state index contributed by atoms with van der Waals surface area (Å²) in [6.45, 7) is 0.724. The molecule has 0 radical (unpaired) electrons. The summed E-state index contributed by atoms with van der Waals surface area (Å²) in [7, 11) is 1.58. The zero-order chi connectivity index (χ0) is 16.0. The van der Waals surface area contributed by atoms with Crippen LogP contribution in [0.25, 0.3) is 11.4 Å². The van der Waals surface area contributed by atoms with Crippen molar-refractivity contribution in [1.82, 2.24) is 9.55 Å². The van der Waals surface area contributed by atoms with Gasteiger partial charge in [-0.3, -0.25) is 0 Å². The summed E-state index contributed by atoms with van der Waals surface area (Å²) in [5, 5.41) is 19.7. The molecule has 1 aromatic heterocycles. The van der Waals surface area contributed by atoms with Crippen molar-refractivity contribution in [2.75, 3.05) is 20.3 Å². The third kappa shape index (κ3) is 2.28. The molecule has 0 spiro atoms. The zero-order valence-electron chi connectivity index (χ0n) is 12.6. The van der Waals surface area contributed by atoms with Gasteiger partial charge in [-0.2, -0.15) is 0 Å². The maximum absolute atomic E-state index is 9.89. The molecule has 2 aliphatic heterocycles. The Morgan fingerprint density at radius 2 is 2.09 bits per heavy atom. The van der Waals surface area contributed by atoms with E-state index in [-0.39, 0.29) is 30.6 Å². The number of benzene rings is 1. The molecule has 23 heavy (non-hydrogen) atoms. The van der Waals surface area contributed by atoms with Gasteiger partial charge < -0.3 is 29.0 Å². The van der Waals surface area contributed by atoms with Gasteiger partial charge in [0.05, 0.1) is 31.9 Å². The summed E-state index contributed by atoms with van der Waals surface area (Å²) < 4.78 is 18.7. The molecule has 0 bridgehead atoms. The van der Waals surface area contributed by atoms with Gasteiger partial charge in [0.1, 0.15) is 35.6 Å². The molecule has 2 fully saturated rings. The molecular formula is C16H18N2O5.